The fraction of sp³-hybridized carbons (Fsp3) is 0.562. The molecule has 0 bridgehead atoms. The molecule has 2 aliphatic heterocycles. The van der Waals surface area contributed by atoms with E-state index in [1.807, 2.05) is 0 Å². The summed E-state index contributed by atoms with van der Waals surface area (Å²) >= 11 is 0. The van der Waals surface area contributed by atoms with Gasteiger partial charge in [-0.2, -0.15) is 4.31 Å². The van der Waals surface area contributed by atoms with Crippen LogP contribution in [-0.2, 0) is 19.6 Å². The van der Waals surface area contributed by atoms with Crippen molar-refractivity contribution in [2.24, 2.45) is 5.92 Å². The van der Waals surface area contributed by atoms with Gasteiger partial charge in [0.05, 0.1) is 13.2 Å². The molecule has 2 saturated heterocycles. The van der Waals surface area contributed by atoms with Crippen LogP contribution in [0.4, 0.5) is 8.78 Å². The first-order valence-electron chi connectivity index (χ1n) is 8.22. The van der Waals surface area contributed by atoms with Crippen LogP contribution >= 0.6 is 0 Å². The number of carbonyl (C=O) groups is 1. The molecule has 1 aromatic rings. The predicted molar refractivity (Wildman–Crippen MR) is 85.2 cm³/mol. The molecule has 9 heteroatoms. The third-order valence-electron chi connectivity index (χ3n) is 4.64. The van der Waals surface area contributed by atoms with Crippen molar-refractivity contribution < 1.29 is 26.7 Å². The Labute approximate surface area is 145 Å². The van der Waals surface area contributed by atoms with E-state index in [1.54, 1.807) is 4.90 Å². The van der Waals surface area contributed by atoms with Crippen molar-refractivity contribution in [3.05, 3.63) is 29.8 Å². The lowest BCUT2D eigenvalue weighted by molar-refractivity contribution is -0.140. The highest BCUT2D eigenvalue weighted by Crippen LogP contribution is 2.28. The number of carbonyl (C=O) groups excluding carboxylic acids is 1. The van der Waals surface area contributed by atoms with Crippen molar-refractivity contribution in [3.63, 3.8) is 0 Å². The summed E-state index contributed by atoms with van der Waals surface area (Å²) in [7, 11) is -4.26. The molecule has 0 atom stereocenters. The summed E-state index contributed by atoms with van der Waals surface area (Å²) in [6.07, 6.45) is 0.678. The number of hydrogen-bond acceptors (Lipinski definition) is 4. The number of rotatable bonds is 3. The highest BCUT2D eigenvalue weighted by atomic mass is 32.2. The van der Waals surface area contributed by atoms with Crippen LogP contribution in [0.5, 0.6) is 0 Å². The molecule has 25 heavy (non-hydrogen) atoms. The molecule has 0 N–H and O–H groups in total. The zero-order valence-corrected chi connectivity index (χ0v) is 14.5. The van der Waals surface area contributed by atoms with E-state index in [4.69, 9.17) is 4.74 Å². The van der Waals surface area contributed by atoms with Crippen molar-refractivity contribution in [3.8, 4) is 0 Å². The van der Waals surface area contributed by atoms with E-state index in [-0.39, 0.29) is 24.9 Å². The van der Waals surface area contributed by atoms with Gasteiger partial charge in [-0.3, -0.25) is 4.79 Å². The second kappa shape index (κ2) is 7.35. The summed E-state index contributed by atoms with van der Waals surface area (Å²) in [4.78, 5) is 13.3. The number of sulfonamides is 1. The van der Waals surface area contributed by atoms with Gasteiger partial charge in [-0.15, -0.1) is 0 Å². The van der Waals surface area contributed by atoms with Crippen molar-refractivity contribution in [2.75, 3.05) is 39.4 Å². The summed E-state index contributed by atoms with van der Waals surface area (Å²) in [6, 6.07) is 2.96. The van der Waals surface area contributed by atoms with Gasteiger partial charge >= 0.3 is 0 Å². The monoisotopic (exact) mass is 374 g/mol. The highest BCUT2D eigenvalue weighted by Gasteiger charge is 2.36. The van der Waals surface area contributed by atoms with Gasteiger partial charge < -0.3 is 9.64 Å². The summed E-state index contributed by atoms with van der Waals surface area (Å²) in [5.41, 5.74) is 0. The molecular weight excluding hydrogens is 354 g/mol. The van der Waals surface area contributed by atoms with Crippen LogP contribution in [0.25, 0.3) is 0 Å². The lowest BCUT2D eigenvalue weighted by Crippen LogP contribution is -2.47. The van der Waals surface area contributed by atoms with E-state index in [9.17, 15) is 22.0 Å². The first-order chi connectivity index (χ1) is 11.9. The normalized spacial score (nSPS) is 20.6. The van der Waals surface area contributed by atoms with Crippen LogP contribution in [0.1, 0.15) is 12.8 Å². The summed E-state index contributed by atoms with van der Waals surface area (Å²) in [6.45, 7) is 2.22. The average molecular weight is 374 g/mol. The van der Waals surface area contributed by atoms with Gasteiger partial charge in [0.25, 0.3) is 0 Å². The van der Waals surface area contributed by atoms with Crippen molar-refractivity contribution >= 4 is 15.9 Å². The summed E-state index contributed by atoms with van der Waals surface area (Å²) in [5.74, 6) is -2.48. The van der Waals surface area contributed by atoms with Crippen LogP contribution in [0.15, 0.2) is 23.1 Å². The Morgan fingerprint density at radius 1 is 1.04 bits per heavy atom. The third-order valence-corrected chi connectivity index (χ3v) is 6.59. The number of nitrogens with zero attached hydrogens (tertiary/aromatic N) is 2. The molecule has 6 nitrogen and oxygen atoms in total. The van der Waals surface area contributed by atoms with Crippen molar-refractivity contribution in [1.82, 2.24) is 9.21 Å². The van der Waals surface area contributed by atoms with E-state index < -0.39 is 26.6 Å². The standard InChI is InChI=1S/C16H20F2N2O4S/c17-13-2-1-3-14(18)15(13)25(22,23)20-6-4-12(5-7-20)16(21)19-8-10-24-11-9-19/h1-3,12H,4-11H2. The minimum atomic E-state index is -4.26. The number of ether oxygens (including phenoxy) is 1. The molecule has 3 rings (SSSR count). The number of piperidine rings is 1. The van der Waals surface area contributed by atoms with Crippen LogP contribution in [0.3, 0.4) is 0 Å². The van der Waals surface area contributed by atoms with Crippen LogP contribution in [0.2, 0.25) is 0 Å². The Morgan fingerprint density at radius 3 is 2.16 bits per heavy atom. The molecule has 2 heterocycles. The van der Waals surface area contributed by atoms with Gasteiger partial charge in [0, 0.05) is 32.1 Å². The van der Waals surface area contributed by atoms with Gasteiger partial charge in [0.15, 0.2) is 4.90 Å². The molecular formula is C16H20F2N2O4S. The Morgan fingerprint density at radius 2 is 1.60 bits per heavy atom. The van der Waals surface area contributed by atoms with Gasteiger partial charge in [-0.1, -0.05) is 6.07 Å². The molecule has 1 amide bonds. The van der Waals surface area contributed by atoms with Crippen LogP contribution < -0.4 is 0 Å². The molecule has 0 saturated carbocycles. The predicted octanol–water partition coefficient (Wildman–Crippen LogP) is 1.22. The van der Waals surface area contributed by atoms with E-state index >= 15 is 0 Å². The molecule has 2 fully saturated rings. The third kappa shape index (κ3) is 3.68. The summed E-state index contributed by atoms with van der Waals surface area (Å²) < 4.78 is 59.0. The van der Waals surface area contributed by atoms with Gasteiger partial charge in [0.1, 0.15) is 11.6 Å². The second-order valence-electron chi connectivity index (χ2n) is 6.17. The number of halogens is 2. The van der Waals surface area contributed by atoms with Gasteiger partial charge in [-0.05, 0) is 25.0 Å². The molecule has 0 aliphatic carbocycles. The topological polar surface area (TPSA) is 66.9 Å². The first-order valence-corrected chi connectivity index (χ1v) is 9.66. The minimum Gasteiger partial charge on any atom is -0.378 e. The highest BCUT2D eigenvalue weighted by molar-refractivity contribution is 7.89. The number of benzene rings is 1. The second-order valence-corrected chi connectivity index (χ2v) is 8.04. The maximum Gasteiger partial charge on any atom is 0.248 e. The number of morpholine rings is 1. The molecule has 2 aliphatic rings. The number of hydrogen-bond donors (Lipinski definition) is 0. The van der Waals surface area contributed by atoms with Crippen LogP contribution in [0, 0.1) is 17.6 Å². The quantitative estimate of drug-likeness (QED) is 0.798. The number of amides is 1. The maximum atomic E-state index is 13.8. The van der Waals surface area contributed by atoms with Crippen molar-refractivity contribution in [1.29, 1.82) is 0 Å². The lowest BCUT2D eigenvalue weighted by Gasteiger charge is -2.35. The Hall–Kier alpha value is -1.58. The SMILES string of the molecule is O=C(C1CCN(S(=O)(=O)c2c(F)cccc2F)CC1)N1CCOCC1. The smallest absolute Gasteiger partial charge is 0.248 e. The van der Waals surface area contributed by atoms with E-state index in [0.717, 1.165) is 22.5 Å². The first kappa shape index (κ1) is 18.2. The molecule has 0 aromatic heterocycles. The fourth-order valence-electron chi connectivity index (χ4n) is 3.24. The minimum absolute atomic E-state index is 0.00239. The van der Waals surface area contributed by atoms with E-state index in [2.05, 4.69) is 0 Å². The van der Waals surface area contributed by atoms with E-state index in [0.29, 0.717) is 39.1 Å². The Bertz CT molecular complexity index is 722. The fourth-order valence-corrected chi connectivity index (χ4v) is 4.82. The zero-order valence-electron chi connectivity index (χ0n) is 13.7. The zero-order chi connectivity index (χ0) is 18.0. The Balaban J connectivity index is 1.68. The lowest BCUT2D eigenvalue weighted by atomic mass is 9.96. The molecule has 0 unspecified atom stereocenters. The Kier molecular flexibility index (Phi) is 5.35. The maximum absolute atomic E-state index is 13.8. The largest absolute Gasteiger partial charge is 0.378 e. The van der Waals surface area contributed by atoms with Gasteiger partial charge in [0.2, 0.25) is 15.9 Å². The molecule has 138 valence electrons. The molecule has 0 radical (unpaired) electrons. The van der Waals surface area contributed by atoms with Crippen LogP contribution in [-0.4, -0.2) is 62.9 Å². The molecule has 1 aromatic carbocycles. The average Bonchev–Trinajstić information content (AvgIpc) is 2.61. The van der Waals surface area contributed by atoms with Crippen molar-refractivity contribution in [2.45, 2.75) is 17.7 Å². The summed E-state index contributed by atoms with van der Waals surface area (Å²) in [5, 5.41) is 0. The molecule has 0 spiro atoms. The van der Waals surface area contributed by atoms with Gasteiger partial charge in [-0.25, -0.2) is 17.2 Å². The van der Waals surface area contributed by atoms with E-state index in [1.165, 1.54) is 0 Å².